The number of carbonyl (C=O) groups is 1. The number of β-amino-alcohol motifs (C(OH)–C–C–N with tert-alkyl or cyclic N) is 1. The van der Waals surface area contributed by atoms with Gasteiger partial charge in [0.2, 0.25) is 5.88 Å². The number of pyridine rings is 1. The smallest absolute Gasteiger partial charge is 0.395 e. The van der Waals surface area contributed by atoms with Crippen LogP contribution in [0.4, 0.5) is 13.2 Å². The van der Waals surface area contributed by atoms with E-state index in [9.17, 15) is 23.1 Å². The second-order valence-electron chi connectivity index (χ2n) is 10.5. The van der Waals surface area contributed by atoms with Crippen LogP contribution in [0.1, 0.15) is 42.5 Å². The number of ether oxygens (including phenoxy) is 1. The minimum atomic E-state index is -4.09. The highest BCUT2D eigenvalue weighted by molar-refractivity contribution is 5.94. The van der Waals surface area contributed by atoms with E-state index in [-0.39, 0.29) is 25.3 Å². The molecule has 5 rings (SSSR count). The van der Waals surface area contributed by atoms with Crippen LogP contribution in [0.5, 0.6) is 5.88 Å². The van der Waals surface area contributed by atoms with Crippen LogP contribution in [0, 0.1) is 11.3 Å². The fourth-order valence-corrected chi connectivity index (χ4v) is 5.18. The molecule has 2 aliphatic heterocycles. The van der Waals surface area contributed by atoms with Gasteiger partial charge in [-0.15, -0.1) is 0 Å². The molecule has 1 aromatic carbocycles. The SMILES string of the molecule is O=C(c1ccc(-c2ccc(OCC3CCN(CC4(C(F)(F)F)CC4)CC3)nc2)cc1)N1CCC(O)C1. The summed E-state index contributed by atoms with van der Waals surface area (Å²) in [6, 6.07) is 11.1. The molecule has 2 aromatic rings. The van der Waals surface area contributed by atoms with Crippen LogP contribution in [0.15, 0.2) is 42.6 Å². The molecule has 36 heavy (non-hydrogen) atoms. The normalized spacial score (nSPS) is 22.6. The monoisotopic (exact) mass is 503 g/mol. The summed E-state index contributed by atoms with van der Waals surface area (Å²) in [7, 11) is 0. The van der Waals surface area contributed by atoms with Gasteiger partial charge in [0, 0.05) is 43.0 Å². The van der Waals surface area contributed by atoms with E-state index >= 15 is 0 Å². The first-order chi connectivity index (χ1) is 17.2. The van der Waals surface area contributed by atoms with Crippen LogP contribution in [0.25, 0.3) is 11.1 Å². The van der Waals surface area contributed by atoms with Crippen molar-refractivity contribution in [1.29, 1.82) is 0 Å². The van der Waals surface area contributed by atoms with Gasteiger partial charge in [0.15, 0.2) is 0 Å². The van der Waals surface area contributed by atoms with Crippen LogP contribution < -0.4 is 4.74 Å². The number of alkyl halides is 3. The molecule has 1 saturated carbocycles. The number of amides is 1. The molecular weight excluding hydrogens is 471 g/mol. The third kappa shape index (κ3) is 5.52. The van der Waals surface area contributed by atoms with Gasteiger partial charge in [-0.25, -0.2) is 4.98 Å². The lowest BCUT2D eigenvalue weighted by Crippen LogP contribution is -2.43. The number of piperidine rings is 1. The number of aliphatic hydroxyl groups is 1. The van der Waals surface area contributed by atoms with Crippen molar-refractivity contribution < 1.29 is 27.8 Å². The number of benzene rings is 1. The first kappa shape index (κ1) is 25.0. The summed E-state index contributed by atoms with van der Waals surface area (Å²) in [6.45, 7) is 2.94. The topological polar surface area (TPSA) is 65.9 Å². The summed E-state index contributed by atoms with van der Waals surface area (Å²) >= 11 is 0. The molecule has 1 amide bonds. The number of hydrogen-bond acceptors (Lipinski definition) is 5. The summed E-state index contributed by atoms with van der Waals surface area (Å²) in [4.78, 5) is 20.6. The third-order valence-electron chi connectivity index (χ3n) is 7.81. The molecule has 3 heterocycles. The van der Waals surface area contributed by atoms with Gasteiger partial charge in [-0.3, -0.25) is 4.79 Å². The molecule has 2 saturated heterocycles. The first-order valence-corrected chi connectivity index (χ1v) is 12.7. The number of aromatic nitrogens is 1. The Bertz CT molecular complexity index is 1050. The highest BCUT2D eigenvalue weighted by Gasteiger charge is 2.63. The zero-order valence-electron chi connectivity index (χ0n) is 20.2. The van der Waals surface area contributed by atoms with E-state index in [4.69, 9.17) is 4.74 Å². The number of hydrogen-bond donors (Lipinski definition) is 1. The molecular formula is C27H32F3N3O3. The molecule has 1 atom stereocenters. The van der Waals surface area contributed by atoms with E-state index in [0.29, 0.717) is 56.6 Å². The number of carbonyl (C=O) groups excluding carboxylic acids is 1. The predicted molar refractivity (Wildman–Crippen MR) is 129 cm³/mol. The fraction of sp³-hybridized carbons (Fsp3) is 0.556. The lowest BCUT2D eigenvalue weighted by atomic mass is 9.96. The van der Waals surface area contributed by atoms with E-state index in [2.05, 4.69) is 4.98 Å². The molecule has 3 fully saturated rings. The highest BCUT2D eigenvalue weighted by Crippen LogP contribution is 2.58. The molecule has 1 N–H and O–H groups in total. The largest absolute Gasteiger partial charge is 0.477 e. The van der Waals surface area contributed by atoms with Crippen molar-refractivity contribution >= 4 is 5.91 Å². The summed E-state index contributed by atoms with van der Waals surface area (Å²) < 4.78 is 45.5. The van der Waals surface area contributed by atoms with Gasteiger partial charge in [0.1, 0.15) is 0 Å². The molecule has 3 aliphatic rings. The second kappa shape index (κ2) is 10.0. The van der Waals surface area contributed by atoms with Crippen molar-refractivity contribution in [3.63, 3.8) is 0 Å². The zero-order valence-corrected chi connectivity index (χ0v) is 20.2. The van der Waals surface area contributed by atoms with Crippen molar-refractivity contribution in [2.75, 3.05) is 39.3 Å². The van der Waals surface area contributed by atoms with Crippen molar-refractivity contribution in [3.05, 3.63) is 48.2 Å². The van der Waals surface area contributed by atoms with Crippen molar-refractivity contribution in [2.45, 2.75) is 44.4 Å². The summed E-state index contributed by atoms with van der Waals surface area (Å²) in [5.74, 6) is 0.762. The average Bonchev–Trinajstić information content (AvgIpc) is 3.55. The third-order valence-corrected chi connectivity index (χ3v) is 7.81. The quantitative estimate of drug-likeness (QED) is 0.607. The Morgan fingerprint density at radius 1 is 1.03 bits per heavy atom. The lowest BCUT2D eigenvalue weighted by Gasteiger charge is -2.34. The van der Waals surface area contributed by atoms with Gasteiger partial charge in [-0.2, -0.15) is 13.2 Å². The first-order valence-electron chi connectivity index (χ1n) is 12.7. The van der Waals surface area contributed by atoms with Crippen LogP contribution in [-0.4, -0.2) is 77.4 Å². The molecule has 6 nitrogen and oxygen atoms in total. The Morgan fingerprint density at radius 3 is 2.28 bits per heavy atom. The zero-order chi connectivity index (χ0) is 25.3. The minimum Gasteiger partial charge on any atom is -0.477 e. The van der Waals surface area contributed by atoms with Gasteiger partial charge in [-0.05, 0) is 74.9 Å². The van der Waals surface area contributed by atoms with E-state index in [1.165, 1.54) is 0 Å². The molecule has 1 aromatic heterocycles. The van der Waals surface area contributed by atoms with Crippen molar-refractivity contribution in [2.24, 2.45) is 11.3 Å². The van der Waals surface area contributed by atoms with Crippen LogP contribution in [0.3, 0.4) is 0 Å². The molecule has 1 aliphatic carbocycles. The number of halogens is 3. The Hall–Kier alpha value is -2.65. The standard InChI is InChI=1S/C27H32F3N3O3/c28-27(29,30)26(10-11-26)18-32-12-7-19(8-13-32)17-36-24-6-5-22(15-31-24)20-1-3-21(4-2-20)25(35)33-14-9-23(34)16-33/h1-6,15,19,23,34H,7-14,16-18H2. The number of nitrogens with zero attached hydrogens (tertiary/aromatic N) is 3. The van der Waals surface area contributed by atoms with E-state index in [1.807, 2.05) is 29.2 Å². The molecule has 194 valence electrons. The maximum Gasteiger partial charge on any atom is 0.395 e. The van der Waals surface area contributed by atoms with E-state index in [1.54, 1.807) is 23.2 Å². The highest BCUT2D eigenvalue weighted by atomic mass is 19.4. The van der Waals surface area contributed by atoms with Crippen molar-refractivity contribution in [3.8, 4) is 17.0 Å². The summed E-state index contributed by atoms with van der Waals surface area (Å²) in [5, 5.41) is 9.65. The molecule has 0 bridgehead atoms. The lowest BCUT2D eigenvalue weighted by molar-refractivity contribution is -0.192. The maximum atomic E-state index is 13.2. The van der Waals surface area contributed by atoms with Gasteiger partial charge < -0.3 is 19.6 Å². The van der Waals surface area contributed by atoms with Gasteiger partial charge in [0.05, 0.1) is 18.1 Å². The van der Waals surface area contributed by atoms with Crippen molar-refractivity contribution in [1.82, 2.24) is 14.8 Å². The van der Waals surface area contributed by atoms with Gasteiger partial charge >= 0.3 is 6.18 Å². The number of rotatable bonds is 7. The maximum absolute atomic E-state index is 13.2. The number of aliphatic hydroxyl groups excluding tert-OH is 1. The molecule has 9 heteroatoms. The van der Waals surface area contributed by atoms with E-state index < -0.39 is 17.7 Å². The Balaban J connectivity index is 1.08. The van der Waals surface area contributed by atoms with Gasteiger partial charge in [0.25, 0.3) is 5.91 Å². The van der Waals surface area contributed by atoms with Crippen LogP contribution in [-0.2, 0) is 0 Å². The minimum absolute atomic E-state index is 0.0711. The average molecular weight is 504 g/mol. The molecule has 1 unspecified atom stereocenters. The van der Waals surface area contributed by atoms with E-state index in [0.717, 1.165) is 24.0 Å². The summed E-state index contributed by atoms with van der Waals surface area (Å²) in [5.41, 5.74) is 0.976. The second-order valence-corrected chi connectivity index (χ2v) is 10.5. The fourth-order valence-electron chi connectivity index (χ4n) is 5.18. The molecule has 0 radical (unpaired) electrons. The molecule has 0 spiro atoms. The van der Waals surface area contributed by atoms with Gasteiger partial charge in [-0.1, -0.05) is 12.1 Å². The van der Waals surface area contributed by atoms with Crippen LogP contribution in [0.2, 0.25) is 0 Å². The Labute approximate surface area is 209 Å². The summed E-state index contributed by atoms with van der Waals surface area (Å²) in [6.07, 6.45) is -0.0153. The van der Waals surface area contributed by atoms with Crippen LogP contribution >= 0.6 is 0 Å². The predicted octanol–water partition coefficient (Wildman–Crippen LogP) is 4.39. The number of likely N-dealkylation sites (tertiary alicyclic amines) is 2. The Kier molecular flexibility index (Phi) is 6.96. The Morgan fingerprint density at radius 2 is 1.72 bits per heavy atom.